The van der Waals surface area contributed by atoms with Gasteiger partial charge in [0.1, 0.15) is 0 Å². The molecule has 0 saturated heterocycles. The molecule has 0 fully saturated rings. The average molecular weight is 298 g/mol. The predicted molar refractivity (Wildman–Crippen MR) is 77.1 cm³/mol. The summed E-state index contributed by atoms with van der Waals surface area (Å²) in [6, 6.07) is 3.35. The Bertz CT molecular complexity index is 484. The molecule has 2 amide bonds. The van der Waals surface area contributed by atoms with Crippen LogP contribution in [0.15, 0.2) is 12.1 Å². The van der Waals surface area contributed by atoms with Crippen LogP contribution in [0.5, 0.6) is 0 Å². The molecule has 0 saturated carbocycles. The van der Waals surface area contributed by atoms with Crippen LogP contribution >= 0.6 is 11.3 Å². The van der Waals surface area contributed by atoms with Crippen molar-refractivity contribution in [3.63, 3.8) is 0 Å². The summed E-state index contributed by atoms with van der Waals surface area (Å²) in [5.41, 5.74) is 0. The number of thiophene rings is 1. The van der Waals surface area contributed by atoms with Crippen LogP contribution in [0, 0.1) is 0 Å². The summed E-state index contributed by atoms with van der Waals surface area (Å²) in [5.74, 6) is -1.14. The van der Waals surface area contributed by atoms with Crippen LogP contribution in [0.1, 0.15) is 42.3 Å². The number of hydrogen-bond donors (Lipinski definition) is 3. The van der Waals surface area contributed by atoms with Crippen LogP contribution in [-0.4, -0.2) is 29.4 Å². The van der Waals surface area contributed by atoms with Crippen LogP contribution < -0.4 is 10.6 Å². The van der Waals surface area contributed by atoms with Gasteiger partial charge in [0.15, 0.2) is 0 Å². The van der Waals surface area contributed by atoms with E-state index >= 15 is 0 Å². The van der Waals surface area contributed by atoms with E-state index in [4.69, 9.17) is 5.11 Å². The highest BCUT2D eigenvalue weighted by Crippen LogP contribution is 2.21. The number of rotatable bonds is 8. The van der Waals surface area contributed by atoms with Crippen molar-refractivity contribution >= 4 is 34.1 Å². The van der Waals surface area contributed by atoms with Gasteiger partial charge in [-0.15, -0.1) is 11.3 Å². The van der Waals surface area contributed by atoms with Crippen LogP contribution in [0.3, 0.4) is 0 Å². The number of hydrogen-bond acceptors (Lipinski definition) is 4. The van der Waals surface area contributed by atoms with E-state index in [1.165, 1.54) is 18.3 Å². The molecule has 0 radical (unpaired) electrons. The topological polar surface area (TPSA) is 95.5 Å². The maximum Gasteiger partial charge on any atom is 0.303 e. The van der Waals surface area contributed by atoms with Crippen LogP contribution in [0.2, 0.25) is 0 Å². The Morgan fingerprint density at radius 2 is 1.95 bits per heavy atom. The highest BCUT2D eigenvalue weighted by atomic mass is 32.1. The first-order chi connectivity index (χ1) is 9.49. The number of amides is 2. The number of carbonyl (C=O) groups excluding carboxylic acids is 2. The third-order valence-corrected chi connectivity index (χ3v) is 3.48. The van der Waals surface area contributed by atoms with Gasteiger partial charge in [-0.25, -0.2) is 0 Å². The number of unbranched alkanes of at least 4 members (excludes halogenated alkanes) is 2. The largest absolute Gasteiger partial charge is 0.481 e. The molecule has 0 aromatic carbocycles. The van der Waals surface area contributed by atoms with E-state index in [1.54, 1.807) is 12.1 Å². The molecule has 0 spiro atoms. The zero-order valence-electron chi connectivity index (χ0n) is 11.3. The third-order valence-electron chi connectivity index (χ3n) is 2.48. The number of carboxylic acids is 1. The lowest BCUT2D eigenvalue weighted by molar-refractivity contribution is -0.137. The molecule has 0 unspecified atom stereocenters. The second-order valence-corrected chi connectivity index (χ2v) is 5.39. The molecule has 1 aromatic heterocycles. The zero-order chi connectivity index (χ0) is 15.0. The van der Waals surface area contributed by atoms with Gasteiger partial charge in [0, 0.05) is 19.9 Å². The first kappa shape index (κ1) is 16.2. The van der Waals surface area contributed by atoms with E-state index in [0.29, 0.717) is 22.8 Å². The number of carboxylic acid groups (broad SMARTS) is 1. The Labute approximate surface area is 121 Å². The minimum absolute atomic E-state index is 0.166. The van der Waals surface area contributed by atoms with Crippen molar-refractivity contribution < 1.29 is 19.5 Å². The average Bonchev–Trinajstić information content (AvgIpc) is 2.80. The molecule has 0 bridgehead atoms. The van der Waals surface area contributed by atoms with Crippen molar-refractivity contribution in [1.29, 1.82) is 0 Å². The van der Waals surface area contributed by atoms with Gasteiger partial charge in [0.2, 0.25) is 5.91 Å². The lowest BCUT2D eigenvalue weighted by Gasteiger charge is -2.03. The van der Waals surface area contributed by atoms with Gasteiger partial charge in [-0.1, -0.05) is 6.42 Å². The van der Waals surface area contributed by atoms with E-state index in [1.807, 2.05) is 0 Å². The normalized spacial score (nSPS) is 10.1. The predicted octanol–water partition coefficient (Wildman–Crippen LogP) is 2.08. The summed E-state index contributed by atoms with van der Waals surface area (Å²) >= 11 is 1.22. The Morgan fingerprint density at radius 3 is 2.60 bits per heavy atom. The van der Waals surface area contributed by atoms with Crippen molar-refractivity contribution in [1.82, 2.24) is 5.32 Å². The fourth-order valence-electron chi connectivity index (χ4n) is 1.57. The molecule has 1 rings (SSSR count). The highest BCUT2D eigenvalue weighted by molar-refractivity contribution is 7.18. The Morgan fingerprint density at radius 1 is 1.20 bits per heavy atom. The minimum atomic E-state index is -0.793. The molecular formula is C13H18N2O4S. The molecule has 6 nitrogen and oxygen atoms in total. The minimum Gasteiger partial charge on any atom is -0.481 e. The summed E-state index contributed by atoms with van der Waals surface area (Å²) in [5, 5.41) is 14.5. The monoisotopic (exact) mass is 298 g/mol. The Kier molecular flexibility index (Phi) is 6.72. The molecule has 0 atom stereocenters. The summed E-state index contributed by atoms with van der Waals surface area (Å²) < 4.78 is 0. The molecule has 3 N–H and O–H groups in total. The summed E-state index contributed by atoms with van der Waals surface area (Å²) in [6.45, 7) is 1.93. The van der Waals surface area contributed by atoms with Gasteiger partial charge in [-0.05, 0) is 25.0 Å². The maximum atomic E-state index is 11.8. The smallest absolute Gasteiger partial charge is 0.303 e. The molecule has 0 aliphatic heterocycles. The SMILES string of the molecule is CC(=O)Nc1ccc(C(=O)NCCCCCC(=O)O)s1. The second-order valence-electron chi connectivity index (χ2n) is 4.31. The lowest BCUT2D eigenvalue weighted by atomic mass is 10.2. The Balaban J connectivity index is 2.24. The summed E-state index contributed by atoms with van der Waals surface area (Å²) in [7, 11) is 0. The van der Waals surface area contributed by atoms with Gasteiger partial charge in [0.05, 0.1) is 9.88 Å². The molecule has 0 aliphatic rings. The number of carbonyl (C=O) groups is 3. The van der Waals surface area contributed by atoms with Crippen LogP contribution in [0.25, 0.3) is 0 Å². The first-order valence-corrected chi connectivity index (χ1v) is 7.18. The van der Waals surface area contributed by atoms with Gasteiger partial charge >= 0.3 is 5.97 Å². The fraction of sp³-hybridized carbons (Fsp3) is 0.462. The fourth-order valence-corrected chi connectivity index (χ4v) is 2.44. The number of aliphatic carboxylic acids is 1. The number of anilines is 1. The standard InChI is InChI=1S/C13H18N2O4S/c1-9(16)15-11-7-6-10(20-11)13(19)14-8-4-2-3-5-12(17)18/h6-7H,2-5,8H2,1H3,(H,14,19)(H,15,16)(H,17,18). The van der Waals surface area contributed by atoms with Gasteiger partial charge in [-0.3, -0.25) is 14.4 Å². The Hall–Kier alpha value is -1.89. The zero-order valence-corrected chi connectivity index (χ0v) is 12.1. The maximum absolute atomic E-state index is 11.8. The molecule has 1 aromatic rings. The van der Waals surface area contributed by atoms with Gasteiger partial charge in [0.25, 0.3) is 5.91 Å². The van der Waals surface area contributed by atoms with Gasteiger partial charge < -0.3 is 15.7 Å². The van der Waals surface area contributed by atoms with E-state index in [9.17, 15) is 14.4 Å². The lowest BCUT2D eigenvalue weighted by Crippen LogP contribution is -2.23. The molecule has 20 heavy (non-hydrogen) atoms. The van der Waals surface area contributed by atoms with Crippen molar-refractivity contribution in [2.45, 2.75) is 32.6 Å². The molecule has 1 heterocycles. The highest BCUT2D eigenvalue weighted by Gasteiger charge is 2.09. The quantitative estimate of drug-likeness (QED) is 0.640. The number of nitrogens with one attached hydrogen (secondary N) is 2. The van der Waals surface area contributed by atoms with Crippen molar-refractivity contribution in [3.05, 3.63) is 17.0 Å². The van der Waals surface area contributed by atoms with E-state index in [-0.39, 0.29) is 18.2 Å². The summed E-state index contributed by atoms with van der Waals surface area (Å²) in [4.78, 5) is 33.5. The molecule has 110 valence electrons. The van der Waals surface area contributed by atoms with Crippen LogP contribution in [-0.2, 0) is 9.59 Å². The van der Waals surface area contributed by atoms with Gasteiger partial charge in [-0.2, -0.15) is 0 Å². The molecule has 0 aliphatic carbocycles. The van der Waals surface area contributed by atoms with Crippen molar-refractivity contribution in [2.24, 2.45) is 0 Å². The van der Waals surface area contributed by atoms with E-state index < -0.39 is 5.97 Å². The second kappa shape index (κ2) is 8.31. The van der Waals surface area contributed by atoms with E-state index in [2.05, 4.69) is 10.6 Å². The summed E-state index contributed by atoms with van der Waals surface area (Å²) in [6.07, 6.45) is 2.31. The van der Waals surface area contributed by atoms with Crippen LogP contribution in [0.4, 0.5) is 5.00 Å². The molecular weight excluding hydrogens is 280 g/mol. The van der Waals surface area contributed by atoms with Crippen molar-refractivity contribution in [2.75, 3.05) is 11.9 Å². The molecule has 7 heteroatoms. The van der Waals surface area contributed by atoms with E-state index in [0.717, 1.165) is 12.8 Å². The van der Waals surface area contributed by atoms with Crippen molar-refractivity contribution in [3.8, 4) is 0 Å². The first-order valence-electron chi connectivity index (χ1n) is 6.36. The third kappa shape index (κ3) is 6.33.